The van der Waals surface area contributed by atoms with Crippen molar-refractivity contribution in [2.75, 3.05) is 7.11 Å². The Bertz CT molecular complexity index is 628. The molecule has 4 aliphatic carbocycles. The number of aliphatic hydroxyl groups is 1. The summed E-state index contributed by atoms with van der Waals surface area (Å²) in [6.45, 7) is 0.496. The standard InChI is InChI=1S/C20H27NO3/c1-24-17-5-3-2-4-16(17)12-21-18(22)11-19-7-14-6-15(8-19)10-20(23,9-14)13-19/h2-5,14-15,23H,6-13H2,1H3,(H,21,22)/t14-,15+,19?,20?. The van der Waals surface area contributed by atoms with E-state index in [4.69, 9.17) is 4.74 Å². The van der Waals surface area contributed by atoms with Gasteiger partial charge in [0.2, 0.25) is 5.91 Å². The van der Waals surface area contributed by atoms with Crippen LogP contribution in [0.15, 0.2) is 24.3 Å². The van der Waals surface area contributed by atoms with Crippen molar-refractivity contribution in [1.29, 1.82) is 0 Å². The Kier molecular flexibility index (Phi) is 3.83. The zero-order chi connectivity index (χ0) is 16.8. The Labute approximate surface area is 143 Å². The number of nitrogens with one attached hydrogen (secondary N) is 1. The number of carbonyl (C=O) groups excluding carboxylic acids is 1. The topological polar surface area (TPSA) is 58.6 Å². The summed E-state index contributed by atoms with van der Waals surface area (Å²) in [6, 6.07) is 7.78. The lowest BCUT2D eigenvalue weighted by atomic mass is 9.47. The van der Waals surface area contributed by atoms with E-state index in [1.54, 1.807) is 7.11 Å². The highest BCUT2D eigenvalue weighted by Gasteiger charge is 2.57. The van der Waals surface area contributed by atoms with Gasteiger partial charge in [-0.05, 0) is 61.8 Å². The Morgan fingerprint density at radius 2 is 1.96 bits per heavy atom. The van der Waals surface area contributed by atoms with Crippen LogP contribution < -0.4 is 10.1 Å². The van der Waals surface area contributed by atoms with Crippen LogP contribution in [0, 0.1) is 17.3 Å². The fourth-order valence-electron chi connectivity index (χ4n) is 6.05. The molecular formula is C20H27NO3. The summed E-state index contributed by atoms with van der Waals surface area (Å²) in [4.78, 5) is 12.6. The summed E-state index contributed by atoms with van der Waals surface area (Å²) in [5.41, 5.74) is 0.536. The molecule has 4 atom stereocenters. The lowest BCUT2D eigenvalue weighted by molar-refractivity contribution is -0.169. The van der Waals surface area contributed by atoms with Gasteiger partial charge in [-0.15, -0.1) is 0 Å². The highest BCUT2D eigenvalue weighted by atomic mass is 16.5. The summed E-state index contributed by atoms with van der Waals surface area (Å²) in [7, 11) is 1.65. The average molecular weight is 329 g/mol. The minimum atomic E-state index is -0.493. The summed E-state index contributed by atoms with van der Waals surface area (Å²) in [6.07, 6.45) is 6.77. The van der Waals surface area contributed by atoms with Gasteiger partial charge in [-0.1, -0.05) is 18.2 Å². The highest BCUT2D eigenvalue weighted by Crippen LogP contribution is 2.62. The monoisotopic (exact) mass is 329 g/mol. The molecule has 0 saturated heterocycles. The molecular weight excluding hydrogens is 302 g/mol. The van der Waals surface area contributed by atoms with Crippen LogP contribution in [0.25, 0.3) is 0 Å². The molecule has 130 valence electrons. The first-order chi connectivity index (χ1) is 11.5. The normalized spacial score (nSPS) is 36.6. The molecule has 0 radical (unpaired) electrons. The maximum atomic E-state index is 12.6. The predicted molar refractivity (Wildman–Crippen MR) is 91.5 cm³/mol. The first-order valence-electron chi connectivity index (χ1n) is 9.10. The van der Waals surface area contributed by atoms with Crippen LogP contribution in [-0.2, 0) is 11.3 Å². The summed E-state index contributed by atoms with van der Waals surface area (Å²) in [5, 5.41) is 13.9. The van der Waals surface area contributed by atoms with Crippen LogP contribution in [0.3, 0.4) is 0 Å². The molecule has 0 heterocycles. The zero-order valence-corrected chi connectivity index (χ0v) is 14.4. The van der Waals surface area contributed by atoms with E-state index in [0.717, 1.165) is 43.4 Å². The molecule has 4 heteroatoms. The number of hydrogen-bond donors (Lipinski definition) is 2. The molecule has 24 heavy (non-hydrogen) atoms. The molecule has 0 aliphatic heterocycles. The summed E-state index contributed by atoms with van der Waals surface area (Å²) < 4.78 is 5.34. The second-order valence-corrected chi connectivity index (χ2v) is 8.45. The van der Waals surface area contributed by atoms with E-state index in [-0.39, 0.29) is 11.3 Å². The minimum absolute atomic E-state index is 0.0314. The van der Waals surface area contributed by atoms with Crippen LogP contribution in [0.1, 0.15) is 50.5 Å². The van der Waals surface area contributed by atoms with Gasteiger partial charge in [-0.3, -0.25) is 4.79 Å². The summed E-state index contributed by atoms with van der Waals surface area (Å²) in [5.74, 6) is 2.16. The van der Waals surface area contributed by atoms with Crippen LogP contribution in [-0.4, -0.2) is 23.7 Å². The Balaban J connectivity index is 1.40. The molecule has 4 bridgehead atoms. The van der Waals surface area contributed by atoms with E-state index < -0.39 is 5.60 Å². The molecule has 4 nitrogen and oxygen atoms in total. The van der Waals surface area contributed by atoms with Gasteiger partial charge in [0.05, 0.1) is 12.7 Å². The maximum Gasteiger partial charge on any atom is 0.220 e. The SMILES string of the molecule is COc1ccccc1CNC(=O)CC12C[C@@H]3C[C@@H](CC(O)(C3)C1)C2. The summed E-state index contributed by atoms with van der Waals surface area (Å²) >= 11 is 0. The third-order valence-corrected chi connectivity index (χ3v) is 6.36. The number of rotatable bonds is 5. The molecule has 1 amide bonds. The Morgan fingerprint density at radius 3 is 2.62 bits per heavy atom. The largest absolute Gasteiger partial charge is 0.496 e. The van der Waals surface area contributed by atoms with E-state index in [9.17, 15) is 9.90 Å². The van der Waals surface area contributed by atoms with Crippen LogP contribution in [0.4, 0.5) is 0 Å². The molecule has 0 spiro atoms. The number of carbonyl (C=O) groups is 1. The first kappa shape index (κ1) is 15.9. The zero-order valence-electron chi connectivity index (χ0n) is 14.4. The molecule has 1 aromatic carbocycles. The van der Waals surface area contributed by atoms with Gasteiger partial charge in [0.25, 0.3) is 0 Å². The number of hydrogen-bond acceptors (Lipinski definition) is 3. The third kappa shape index (κ3) is 2.92. The van der Waals surface area contributed by atoms with Crippen LogP contribution in [0.5, 0.6) is 5.75 Å². The molecule has 2 unspecified atom stereocenters. The fraction of sp³-hybridized carbons (Fsp3) is 0.650. The van der Waals surface area contributed by atoms with E-state index in [1.165, 1.54) is 6.42 Å². The van der Waals surface area contributed by atoms with E-state index >= 15 is 0 Å². The van der Waals surface area contributed by atoms with Crippen molar-refractivity contribution < 1.29 is 14.6 Å². The lowest BCUT2D eigenvalue weighted by Crippen LogP contribution is -2.56. The number of amides is 1. The van der Waals surface area contributed by atoms with Gasteiger partial charge in [-0.25, -0.2) is 0 Å². The van der Waals surface area contributed by atoms with Crippen molar-refractivity contribution in [3.63, 3.8) is 0 Å². The van der Waals surface area contributed by atoms with Gasteiger partial charge < -0.3 is 15.2 Å². The van der Waals surface area contributed by atoms with Crippen molar-refractivity contribution in [2.24, 2.45) is 17.3 Å². The van der Waals surface area contributed by atoms with Crippen molar-refractivity contribution >= 4 is 5.91 Å². The first-order valence-corrected chi connectivity index (χ1v) is 9.10. The minimum Gasteiger partial charge on any atom is -0.496 e. The molecule has 0 aromatic heterocycles. The number of methoxy groups -OCH3 is 1. The maximum absolute atomic E-state index is 12.6. The van der Waals surface area contributed by atoms with Gasteiger partial charge in [-0.2, -0.15) is 0 Å². The van der Waals surface area contributed by atoms with Crippen LogP contribution in [0.2, 0.25) is 0 Å². The average Bonchev–Trinajstić information content (AvgIpc) is 2.50. The van der Waals surface area contributed by atoms with E-state index in [2.05, 4.69) is 5.32 Å². The quantitative estimate of drug-likeness (QED) is 0.873. The van der Waals surface area contributed by atoms with Crippen molar-refractivity contribution in [3.8, 4) is 5.75 Å². The lowest BCUT2D eigenvalue weighted by Gasteiger charge is -2.60. The van der Waals surface area contributed by atoms with Crippen molar-refractivity contribution in [2.45, 2.75) is 57.1 Å². The molecule has 4 aliphatic rings. The molecule has 4 saturated carbocycles. The molecule has 1 aromatic rings. The second-order valence-electron chi connectivity index (χ2n) is 8.45. The second kappa shape index (κ2) is 5.76. The van der Waals surface area contributed by atoms with E-state index in [1.807, 2.05) is 24.3 Å². The van der Waals surface area contributed by atoms with Gasteiger partial charge in [0, 0.05) is 18.5 Å². The number of para-hydroxylation sites is 1. The molecule has 5 rings (SSSR count). The third-order valence-electron chi connectivity index (χ3n) is 6.36. The smallest absolute Gasteiger partial charge is 0.220 e. The molecule has 2 N–H and O–H groups in total. The van der Waals surface area contributed by atoms with Gasteiger partial charge in [0.15, 0.2) is 0 Å². The predicted octanol–water partition coefficient (Wildman–Crippen LogP) is 3.03. The van der Waals surface area contributed by atoms with Crippen molar-refractivity contribution in [3.05, 3.63) is 29.8 Å². The van der Waals surface area contributed by atoms with Gasteiger partial charge >= 0.3 is 0 Å². The van der Waals surface area contributed by atoms with Crippen molar-refractivity contribution in [1.82, 2.24) is 5.32 Å². The fourth-order valence-corrected chi connectivity index (χ4v) is 6.05. The Morgan fingerprint density at radius 1 is 1.25 bits per heavy atom. The van der Waals surface area contributed by atoms with E-state index in [0.29, 0.717) is 24.8 Å². The number of benzene rings is 1. The number of ether oxygens (including phenoxy) is 1. The Hall–Kier alpha value is -1.55. The van der Waals surface area contributed by atoms with Gasteiger partial charge in [0.1, 0.15) is 5.75 Å². The van der Waals surface area contributed by atoms with Crippen LogP contribution >= 0.6 is 0 Å². The molecule has 4 fully saturated rings. The highest BCUT2D eigenvalue weighted by molar-refractivity contribution is 5.77.